The number of amides is 1. The van der Waals surface area contributed by atoms with E-state index >= 15 is 0 Å². The Morgan fingerprint density at radius 1 is 1.06 bits per heavy atom. The summed E-state index contributed by atoms with van der Waals surface area (Å²) < 4.78 is 61.7. The van der Waals surface area contributed by atoms with Gasteiger partial charge in [0, 0.05) is 30.7 Å². The van der Waals surface area contributed by atoms with Gasteiger partial charge in [-0.15, -0.1) is 0 Å². The Kier molecular flexibility index (Phi) is 5.97. The molecule has 0 fully saturated rings. The highest BCUT2D eigenvalue weighted by molar-refractivity contribution is 7.98. The van der Waals surface area contributed by atoms with E-state index in [1.54, 1.807) is 30.8 Å². The number of hydrogen-bond acceptors (Lipinski definition) is 8. The van der Waals surface area contributed by atoms with Gasteiger partial charge >= 0.3 is 12.2 Å². The summed E-state index contributed by atoms with van der Waals surface area (Å²) in [4.78, 5) is 25.2. The number of benzene rings is 1. The fourth-order valence-corrected chi connectivity index (χ4v) is 3.14. The van der Waals surface area contributed by atoms with E-state index < -0.39 is 29.6 Å². The van der Waals surface area contributed by atoms with Crippen molar-refractivity contribution in [1.82, 2.24) is 15.0 Å². The molecule has 0 saturated carbocycles. The summed E-state index contributed by atoms with van der Waals surface area (Å²) in [5.41, 5.74) is 1.23. The molecule has 3 aromatic rings. The quantitative estimate of drug-likeness (QED) is 0.304. The number of fused-ring (bicyclic) bond motifs is 1. The lowest BCUT2D eigenvalue weighted by atomic mass is 10.2. The summed E-state index contributed by atoms with van der Waals surface area (Å²) in [5, 5.41) is 5.89. The largest absolute Gasteiger partial charge is 0.507 e. The van der Waals surface area contributed by atoms with Gasteiger partial charge in [0.05, 0.1) is 11.9 Å². The van der Waals surface area contributed by atoms with E-state index in [4.69, 9.17) is 0 Å². The highest BCUT2D eigenvalue weighted by atomic mass is 32.2. The van der Waals surface area contributed by atoms with Crippen LogP contribution in [-0.2, 0) is 6.54 Å². The third kappa shape index (κ3) is 4.77. The van der Waals surface area contributed by atoms with Crippen molar-refractivity contribution in [2.45, 2.75) is 23.9 Å². The number of thioether (sulfide) groups is 1. The first kappa shape index (κ1) is 22.6. The van der Waals surface area contributed by atoms with Crippen molar-refractivity contribution in [3.8, 4) is 11.5 Å². The Bertz CT molecular complexity index is 1180. The zero-order valence-electron chi connectivity index (χ0n) is 16.8. The highest BCUT2D eigenvalue weighted by Gasteiger charge is 2.65. The molecule has 33 heavy (non-hydrogen) atoms. The first-order valence-corrected chi connectivity index (χ1v) is 10.5. The van der Waals surface area contributed by atoms with E-state index in [0.717, 1.165) is 17.7 Å². The van der Waals surface area contributed by atoms with Gasteiger partial charge in [0.1, 0.15) is 0 Å². The molecule has 0 atom stereocenters. The van der Waals surface area contributed by atoms with Crippen LogP contribution in [0.2, 0.25) is 0 Å². The van der Waals surface area contributed by atoms with Crippen molar-refractivity contribution in [2.75, 3.05) is 16.9 Å². The van der Waals surface area contributed by atoms with Gasteiger partial charge in [-0.1, -0.05) is 11.8 Å². The SMILES string of the molecule is CSc1ncc(NCc2ccncc2)c(C(=O)Nc2ccc3c(c2)OC(F)(F)C(F)(F)O3)n1. The normalized spacial score (nSPS) is 15.5. The van der Waals surface area contributed by atoms with Gasteiger partial charge in [0.25, 0.3) is 5.91 Å². The standard InChI is InChI=1S/C20H15F4N5O3S/c1-33-18-27-10-13(26-9-11-4-6-25-7-5-11)16(29-18)17(30)28-12-2-3-14-15(8-12)32-20(23,24)19(21,22)31-14/h2-8,10,26H,9H2,1H3,(H,28,30). The van der Waals surface area contributed by atoms with Gasteiger partial charge in [0.15, 0.2) is 22.3 Å². The number of halogens is 4. The molecule has 1 aliphatic rings. The first-order valence-electron chi connectivity index (χ1n) is 9.31. The van der Waals surface area contributed by atoms with Crippen molar-refractivity contribution >= 4 is 29.0 Å². The second-order valence-electron chi connectivity index (χ2n) is 6.68. The van der Waals surface area contributed by atoms with Crippen molar-refractivity contribution in [3.05, 3.63) is 60.2 Å². The van der Waals surface area contributed by atoms with E-state index in [2.05, 4.69) is 35.1 Å². The number of rotatable bonds is 6. The van der Waals surface area contributed by atoms with Crippen LogP contribution in [0.1, 0.15) is 16.1 Å². The molecule has 8 nitrogen and oxygen atoms in total. The summed E-state index contributed by atoms with van der Waals surface area (Å²) in [7, 11) is 0. The summed E-state index contributed by atoms with van der Waals surface area (Å²) in [6.07, 6.45) is -3.26. The Hall–Kier alpha value is -3.61. The molecule has 0 radical (unpaired) electrons. The molecule has 2 N–H and O–H groups in total. The predicted molar refractivity (Wildman–Crippen MR) is 111 cm³/mol. The van der Waals surface area contributed by atoms with Gasteiger partial charge in [-0.2, -0.15) is 17.6 Å². The van der Waals surface area contributed by atoms with Crippen LogP contribution in [0.25, 0.3) is 0 Å². The molecule has 1 amide bonds. The highest BCUT2D eigenvalue weighted by Crippen LogP contribution is 2.47. The number of hydrogen-bond donors (Lipinski definition) is 2. The minimum absolute atomic E-state index is 0.00448. The molecular formula is C20H15F4N5O3S. The van der Waals surface area contributed by atoms with E-state index in [0.29, 0.717) is 17.4 Å². The Morgan fingerprint density at radius 2 is 1.76 bits per heavy atom. The van der Waals surface area contributed by atoms with Gasteiger partial charge in [-0.25, -0.2) is 9.97 Å². The molecule has 0 unspecified atom stereocenters. The lowest BCUT2D eigenvalue weighted by molar-refractivity contribution is -0.391. The molecule has 1 aliphatic heterocycles. The van der Waals surface area contributed by atoms with Gasteiger partial charge in [0.2, 0.25) is 0 Å². The zero-order valence-corrected chi connectivity index (χ0v) is 17.6. The number of nitrogens with zero attached hydrogens (tertiary/aromatic N) is 3. The molecule has 13 heteroatoms. The maximum Gasteiger partial charge on any atom is 0.507 e. The minimum Gasteiger partial charge on any atom is -0.421 e. The Balaban J connectivity index is 1.56. The number of carbonyl (C=O) groups is 1. The number of nitrogens with one attached hydrogen (secondary N) is 2. The molecular weight excluding hydrogens is 466 g/mol. The van der Waals surface area contributed by atoms with Crippen LogP contribution >= 0.6 is 11.8 Å². The van der Waals surface area contributed by atoms with Gasteiger partial charge in [-0.3, -0.25) is 9.78 Å². The van der Waals surface area contributed by atoms with Crippen LogP contribution in [0.3, 0.4) is 0 Å². The summed E-state index contributed by atoms with van der Waals surface area (Å²) >= 11 is 1.22. The van der Waals surface area contributed by atoms with Crippen LogP contribution in [0.5, 0.6) is 11.5 Å². The fraction of sp³-hybridized carbons (Fsp3) is 0.200. The van der Waals surface area contributed by atoms with Gasteiger partial charge < -0.3 is 20.1 Å². The van der Waals surface area contributed by atoms with Crippen LogP contribution in [0, 0.1) is 0 Å². The van der Waals surface area contributed by atoms with E-state index in [1.165, 1.54) is 24.0 Å². The third-order valence-electron chi connectivity index (χ3n) is 4.41. The van der Waals surface area contributed by atoms with Crippen LogP contribution in [0.15, 0.2) is 54.1 Å². The average Bonchev–Trinajstić information content (AvgIpc) is 2.79. The predicted octanol–water partition coefficient (Wildman–Crippen LogP) is 4.41. The lowest BCUT2D eigenvalue weighted by Crippen LogP contribution is -2.52. The Labute approximate surface area is 188 Å². The van der Waals surface area contributed by atoms with Crippen LogP contribution in [-0.4, -0.2) is 39.3 Å². The lowest BCUT2D eigenvalue weighted by Gasteiger charge is -2.31. The number of alkyl halides is 4. The zero-order chi connectivity index (χ0) is 23.6. The monoisotopic (exact) mass is 481 g/mol. The summed E-state index contributed by atoms with van der Waals surface area (Å²) in [6, 6.07) is 6.73. The van der Waals surface area contributed by atoms with Crippen molar-refractivity contribution < 1.29 is 31.8 Å². The second kappa shape index (κ2) is 8.73. The Morgan fingerprint density at radius 3 is 2.45 bits per heavy atom. The molecule has 4 rings (SSSR count). The fourth-order valence-electron chi connectivity index (χ4n) is 2.80. The number of aromatic nitrogens is 3. The van der Waals surface area contributed by atoms with Crippen molar-refractivity contribution in [2.24, 2.45) is 0 Å². The number of anilines is 2. The topological polar surface area (TPSA) is 98.3 Å². The molecule has 2 aromatic heterocycles. The molecule has 172 valence electrons. The van der Waals surface area contributed by atoms with Crippen LogP contribution < -0.4 is 20.1 Å². The molecule has 3 heterocycles. The average molecular weight is 481 g/mol. The molecule has 0 spiro atoms. The molecule has 0 aliphatic carbocycles. The van der Waals surface area contributed by atoms with Crippen LogP contribution in [0.4, 0.5) is 28.9 Å². The molecule has 0 saturated heterocycles. The minimum atomic E-state index is -4.87. The summed E-state index contributed by atoms with van der Waals surface area (Å²) in [6.45, 7) is 0.359. The second-order valence-corrected chi connectivity index (χ2v) is 7.45. The number of carbonyl (C=O) groups excluding carboxylic acids is 1. The van der Waals surface area contributed by atoms with Crippen molar-refractivity contribution in [1.29, 1.82) is 0 Å². The van der Waals surface area contributed by atoms with E-state index in [-0.39, 0.29) is 11.4 Å². The van der Waals surface area contributed by atoms with Gasteiger partial charge in [-0.05, 0) is 36.1 Å². The molecule has 0 bridgehead atoms. The summed E-state index contributed by atoms with van der Waals surface area (Å²) in [5.74, 6) is -1.92. The van der Waals surface area contributed by atoms with E-state index in [9.17, 15) is 22.4 Å². The molecule has 1 aromatic carbocycles. The first-order chi connectivity index (χ1) is 15.7. The maximum atomic E-state index is 13.5. The third-order valence-corrected chi connectivity index (χ3v) is 4.98. The smallest absolute Gasteiger partial charge is 0.421 e. The van der Waals surface area contributed by atoms with E-state index in [1.807, 2.05) is 0 Å². The number of ether oxygens (including phenoxy) is 2. The number of pyridine rings is 1. The maximum absolute atomic E-state index is 13.5. The van der Waals surface area contributed by atoms with Crippen molar-refractivity contribution in [3.63, 3.8) is 0 Å².